The largest absolute Gasteiger partial charge is 0.443 e. The van der Waals surface area contributed by atoms with E-state index in [9.17, 15) is 14.9 Å². The molecule has 0 aliphatic rings. The van der Waals surface area contributed by atoms with Crippen molar-refractivity contribution in [3.8, 4) is 0 Å². The Bertz CT molecular complexity index is 655. The lowest BCUT2D eigenvalue weighted by Crippen LogP contribution is -2.26. The molecule has 2 rings (SSSR count). The zero-order chi connectivity index (χ0) is 14.2. The third kappa shape index (κ3) is 2.54. The topological polar surface area (TPSA) is 87.3 Å². The molecule has 2 aromatic rings. The van der Waals surface area contributed by atoms with Crippen LogP contribution < -0.4 is 0 Å². The average Bonchev–Trinajstić information content (AvgIpc) is 2.66. The molecule has 0 spiro atoms. The van der Waals surface area contributed by atoms with Crippen LogP contribution in [0.4, 0.5) is 10.5 Å². The highest BCUT2D eigenvalue weighted by molar-refractivity contribution is 5.93. The van der Waals surface area contributed by atoms with Crippen molar-refractivity contribution in [1.29, 1.82) is 0 Å². The molecule has 100 valence electrons. The summed E-state index contributed by atoms with van der Waals surface area (Å²) < 4.78 is 6.24. The zero-order valence-corrected chi connectivity index (χ0v) is 10.8. The Morgan fingerprint density at radius 3 is 2.74 bits per heavy atom. The van der Waals surface area contributed by atoms with E-state index in [4.69, 9.17) is 4.74 Å². The normalized spacial score (nSPS) is 11.5. The molecular weight excluding hydrogens is 250 g/mol. The van der Waals surface area contributed by atoms with Crippen molar-refractivity contribution in [3.05, 3.63) is 34.6 Å². The molecule has 0 unspecified atom stereocenters. The maximum absolute atomic E-state index is 12.0. The second-order valence-electron chi connectivity index (χ2n) is 5.00. The fourth-order valence-corrected chi connectivity index (χ4v) is 1.64. The number of carbonyl (C=O) groups is 1. The number of nitrogens with zero attached hydrogens (tertiary/aromatic N) is 3. The number of aromatic nitrogens is 2. The highest BCUT2D eigenvalue weighted by atomic mass is 16.6. The summed E-state index contributed by atoms with van der Waals surface area (Å²) in [6, 6.07) is 3.12. The maximum Gasteiger partial charge on any atom is 0.420 e. The number of carbonyl (C=O) groups excluding carboxylic acids is 1. The van der Waals surface area contributed by atoms with Crippen molar-refractivity contribution >= 4 is 22.8 Å². The van der Waals surface area contributed by atoms with Gasteiger partial charge in [-0.1, -0.05) is 0 Å². The molecule has 0 fully saturated rings. The standard InChI is InChI=1S/C12H13N3O4/c1-12(2,3)19-11(16)14-7-9(15(17)18)8-5-4-6-13-10(8)14/h4-7H,1-3H3. The van der Waals surface area contributed by atoms with Crippen LogP contribution in [0.5, 0.6) is 0 Å². The van der Waals surface area contributed by atoms with Crippen molar-refractivity contribution in [1.82, 2.24) is 9.55 Å². The van der Waals surface area contributed by atoms with Crippen LogP contribution in [0.3, 0.4) is 0 Å². The van der Waals surface area contributed by atoms with Crippen LogP contribution in [0.25, 0.3) is 11.0 Å². The monoisotopic (exact) mass is 263 g/mol. The average molecular weight is 263 g/mol. The molecule has 0 saturated heterocycles. The van der Waals surface area contributed by atoms with Crippen molar-refractivity contribution in [2.24, 2.45) is 0 Å². The fourth-order valence-electron chi connectivity index (χ4n) is 1.64. The Kier molecular flexibility index (Phi) is 2.97. The van der Waals surface area contributed by atoms with Crippen LogP contribution in [0.1, 0.15) is 20.8 Å². The van der Waals surface area contributed by atoms with Crippen LogP contribution in [-0.2, 0) is 4.74 Å². The smallest absolute Gasteiger partial charge is 0.420 e. The lowest BCUT2D eigenvalue weighted by atomic mass is 10.2. The molecule has 19 heavy (non-hydrogen) atoms. The summed E-state index contributed by atoms with van der Waals surface area (Å²) in [5, 5.41) is 11.3. The summed E-state index contributed by atoms with van der Waals surface area (Å²) in [7, 11) is 0. The molecule has 7 heteroatoms. The van der Waals surface area contributed by atoms with Crippen LogP contribution in [0, 0.1) is 10.1 Å². The summed E-state index contributed by atoms with van der Waals surface area (Å²) in [5.41, 5.74) is -0.644. The minimum atomic E-state index is -0.690. The van der Waals surface area contributed by atoms with E-state index in [1.807, 2.05) is 0 Å². The van der Waals surface area contributed by atoms with E-state index in [1.165, 1.54) is 6.20 Å². The summed E-state index contributed by atoms with van der Waals surface area (Å²) in [4.78, 5) is 26.4. The molecule has 7 nitrogen and oxygen atoms in total. The van der Waals surface area contributed by atoms with Crippen molar-refractivity contribution in [3.63, 3.8) is 0 Å². The second kappa shape index (κ2) is 4.34. The quantitative estimate of drug-likeness (QED) is 0.583. The van der Waals surface area contributed by atoms with Crippen molar-refractivity contribution in [2.45, 2.75) is 26.4 Å². The number of pyridine rings is 1. The van der Waals surface area contributed by atoms with Gasteiger partial charge in [-0.25, -0.2) is 14.3 Å². The Labute approximate surface area is 109 Å². The lowest BCUT2D eigenvalue weighted by molar-refractivity contribution is -0.383. The molecule has 2 aromatic heterocycles. The SMILES string of the molecule is CC(C)(C)OC(=O)n1cc([N+](=O)[O-])c2cccnc21. The first-order valence-corrected chi connectivity index (χ1v) is 5.63. The summed E-state index contributed by atoms with van der Waals surface area (Å²) >= 11 is 0. The molecule has 0 aliphatic heterocycles. The lowest BCUT2D eigenvalue weighted by Gasteiger charge is -2.19. The maximum atomic E-state index is 12.0. The third-order valence-electron chi connectivity index (χ3n) is 2.33. The Morgan fingerprint density at radius 1 is 1.47 bits per heavy atom. The number of hydrogen-bond acceptors (Lipinski definition) is 5. The molecule has 2 heterocycles. The molecule has 0 N–H and O–H groups in total. The highest BCUT2D eigenvalue weighted by Crippen LogP contribution is 2.26. The molecule has 0 aliphatic carbocycles. The van der Waals surface area contributed by atoms with Gasteiger partial charge in [0.15, 0.2) is 5.65 Å². The predicted octanol–water partition coefficient (Wildman–Crippen LogP) is 2.73. The van der Waals surface area contributed by atoms with E-state index in [-0.39, 0.29) is 11.3 Å². The van der Waals surface area contributed by atoms with Crippen molar-refractivity contribution < 1.29 is 14.5 Å². The molecule has 0 aromatic carbocycles. The van der Waals surface area contributed by atoms with Crippen LogP contribution in [0.15, 0.2) is 24.5 Å². The molecule has 0 saturated carbocycles. The van der Waals surface area contributed by atoms with Gasteiger partial charge in [0.1, 0.15) is 5.60 Å². The first-order valence-electron chi connectivity index (χ1n) is 5.63. The van der Waals surface area contributed by atoms with Crippen LogP contribution in [-0.4, -0.2) is 26.2 Å². The fraction of sp³-hybridized carbons (Fsp3) is 0.333. The minimum Gasteiger partial charge on any atom is -0.443 e. The Morgan fingerprint density at radius 2 is 2.16 bits per heavy atom. The van der Waals surface area contributed by atoms with Gasteiger partial charge < -0.3 is 4.74 Å². The van der Waals surface area contributed by atoms with Gasteiger partial charge in [-0.2, -0.15) is 0 Å². The Balaban J connectivity index is 2.55. The second-order valence-corrected chi connectivity index (χ2v) is 5.00. The number of rotatable bonds is 1. The summed E-state index contributed by atoms with van der Waals surface area (Å²) in [5.74, 6) is 0. The molecule has 0 bridgehead atoms. The van der Waals surface area contributed by atoms with E-state index in [0.717, 1.165) is 10.8 Å². The first kappa shape index (κ1) is 13.0. The molecule has 0 radical (unpaired) electrons. The van der Waals surface area contributed by atoms with E-state index < -0.39 is 16.6 Å². The minimum absolute atomic E-state index is 0.172. The highest BCUT2D eigenvalue weighted by Gasteiger charge is 2.25. The Hall–Kier alpha value is -2.44. The van der Waals surface area contributed by atoms with Gasteiger partial charge in [0.05, 0.1) is 16.5 Å². The number of hydrogen-bond donors (Lipinski definition) is 0. The van der Waals surface area contributed by atoms with E-state index in [2.05, 4.69) is 4.98 Å². The number of fused-ring (bicyclic) bond motifs is 1. The van der Waals surface area contributed by atoms with Crippen molar-refractivity contribution in [2.75, 3.05) is 0 Å². The predicted molar refractivity (Wildman–Crippen MR) is 68.0 cm³/mol. The van der Waals surface area contributed by atoms with Gasteiger partial charge in [0.2, 0.25) is 0 Å². The van der Waals surface area contributed by atoms with Gasteiger partial charge in [-0.05, 0) is 32.9 Å². The number of nitro groups is 1. The molecule has 0 amide bonds. The first-order chi connectivity index (χ1) is 8.79. The van der Waals surface area contributed by atoms with Gasteiger partial charge in [-0.3, -0.25) is 10.1 Å². The summed E-state index contributed by atoms with van der Waals surface area (Å²) in [6.07, 6.45) is 1.91. The van der Waals surface area contributed by atoms with Crippen LogP contribution >= 0.6 is 0 Å². The van der Waals surface area contributed by atoms with Gasteiger partial charge >= 0.3 is 6.09 Å². The van der Waals surface area contributed by atoms with Gasteiger partial charge in [-0.15, -0.1) is 0 Å². The van der Waals surface area contributed by atoms with E-state index >= 15 is 0 Å². The van der Waals surface area contributed by atoms with Crippen LogP contribution in [0.2, 0.25) is 0 Å². The molecule has 0 atom stereocenters. The van der Waals surface area contributed by atoms with E-state index in [1.54, 1.807) is 32.9 Å². The third-order valence-corrected chi connectivity index (χ3v) is 2.33. The van der Waals surface area contributed by atoms with Gasteiger partial charge in [0.25, 0.3) is 5.69 Å². The summed E-state index contributed by atoms with van der Waals surface area (Å²) in [6.45, 7) is 5.16. The zero-order valence-electron chi connectivity index (χ0n) is 10.8. The molecular formula is C12H13N3O4. The van der Waals surface area contributed by atoms with Gasteiger partial charge in [0, 0.05) is 6.20 Å². The van der Waals surface area contributed by atoms with E-state index in [0.29, 0.717) is 5.39 Å². The number of ether oxygens (including phenoxy) is 1.